The summed E-state index contributed by atoms with van der Waals surface area (Å²) in [6, 6.07) is 0. The van der Waals surface area contributed by atoms with Crippen LogP contribution < -0.4 is 0 Å². The molecule has 0 saturated carbocycles. The number of carbonyl (C=O) groups excluding carboxylic acids is 1. The molecule has 3 heterocycles. The molecule has 19 heavy (non-hydrogen) atoms. The fraction of sp³-hybridized carbons (Fsp3) is 0.692. The van der Waals surface area contributed by atoms with Gasteiger partial charge in [-0.25, -0.2) is 0 Å². The SMILES string of the molecule is Cc1oncc1C(=O)N1CCC2(CC1)OCCCO2. The Kier molecular flexibility index (Phi) is 3.28. The zero-order valence-electron chi connectivity index (χ0n) is 11.1. The smallest absolute Gasteiger partial charge is 0.259 e. The first-order chi connectivity index (χ1) is 9.20. The number of aryl methyl sites for hydroxylation is 1. The fourth-order valence-corrected chi connectivity index (χ4v) is 2.63. The fourth-order valence-electron chi connectivity index (χ4n) is 2.63. The van der Waals surface area contributed by atoms with Gasteiger partial charge in [0.05, 0.1) is 19.4 Å². The summed E-state index contributed by atoms with van der Waals surface area (Å²) in [5.74, 6) is 0.0819. The third kappa shape index (κ3) is 2.37. The maximum atomic E-state index is 12.3. The van der Waals surface area contributed by atoms with E-state index in [1.165, 1.54) is 6.20 Å². The average molecular weight is 266 g/mol. The molecule has 1 spiro atoms. The first-order valence-electron chi connectivity index (χ1n) is 6.69. The Labute approximate surface area is 111 Å². The van der Waals surface area contributed by atoms with Crippen LogP contribution in [0.2, 0.25) is 0 Å². The van der Waals surface area contributed by atoms with Crippen LogP contribution >= 0.6 is 0 Å². The Bertz CT molecular complexity index is 455. The lowest BCUT2D eigenvalue weighted by Crippen LogP contribution is -2.51. The minimum Gasteiger partial charge on any atom is -0.361 e. The summed E-state index contributed by atoms with van der Waals surface area (Å²) >= 11 is 0. The van der Waals surface area contributed by atoms with Gasteiger partial charge >= 0.3 is 0 Å². The van der Waals surface area contributed by atoms with E-state index in [1.807, 2.05) is 4.90 Å². The molecular formula is C13H18N2O4. The molecule has 1 amide bonds. The summed E-state index contributed by atoms with van der Waals surface area (Å²) < 4.78 is 16.5. The molecule has 0 aliphatic carbocycles. The highest BCUT2D eigenvalue weighted by atomic mass is 16.7. The standard InChI is InChI=1S/C13H18N2O4/c1-10-11(9-14-19-10)12(16)15-5-3-13(4-6-15)17-7-2-8-18-13/h9H,2-8H2,1H3. The Morgan fingerprint density at radius 3 is 2.58 bits per heavy atom. The van der Waals surface area contributed by atoms with E-state index in [9.17, 15) is 4.79 Å². The van der Waals surface area contributed by atoms with Crippen molar-refractivity contribution in [1.29, 1.82) is 0 Å². The lowest BCUT2D eigenvalue weighted by atomic mass is 10.0. The van der Waals surface area contributed by atoms with Gasteiger partial charge in [0.15, 0.2) is 5.79 Å². The van der Waals surface area contributed by atoms with Gasteiger partial charge in [-0.2, -0.15) is 0 Å². The van der Waals surface area contributed by atoms with Crippen molar-refractivity contribution >= 4 is 5.91 Å². The van der Waals surface area contributed by atoms with Crippen LogP contribution in [0, 0.1) is 6.92 Å². The van der Waals surface area contributed by atoms with Gasteiger partial charge in [-0.1, -0.05) is 5.16 Å². The molecule has 0 N–H and O–H groups in total. The molecule has 1 aromatic rings. The molecule has 0 unspecified atom stereocenters. The second kappa shape index (κ2) is 4.94. The van der Waals surface area contributed by atoms with Crippen LogP contribution in [0.5, 0.6) is 0 Å². The third-order valence-electron chi connectivity index (χ3n) is 3.81. The Morgan fingerprint density at radius 1 is 1.32 bits per heavy atom. The van der Waals surface area contributed by atoms with Gasteiger partial charge < -0.3 is 18.9 Å². The maximum Gasteiger partial charge on any atom is 0.259 e. The Morgan fingerprint density at radius 2 is 2.00 bits per heavy atom. The molecule has 0 radical (unpaired) electrons. The quantitative estimate of drug-likeness (QED) is 0.767. The van der Waals surface area contributed by atoms with Crippen molar-refractivity contribution in [2.75, 3.05) is 26.3 Å². The van der Waals surface area contributed by atoms with Gasteiger partial charge in [0.1, 0.15) is 11.3 Å². The van der Waals surface area contributed by atoms with Gasteiger partial charge in [-0.15, -0.1) is 0 Å². The van der Waals surface area contributed by atoms with Crippen molar-refractivity contribution in [3.05, 3.63) is 17.5 Å². The molecule has 6 nitrogen and oxygen atoms in total. The predicted molar refractivity (Wildman–Crippen MR) is 65.6 cm³/mol. The number of amides is 1. The molecular weight excluding hydrogens is 248 g/mol. The maximum absolute atomic E-state index is 12.3. The predicted octanol–water partition coefficient (Wildman–Crippen LogP) is 1.35. The Balaban J connectivity index is 1.64. The normalized spacial score (nSPS) is 22.7. The number of piperidine rings is 1. The van der Waals surface area contributed by atoms with Crippen LogP contribution in [0.1, 0.15) is 35.4 Å². The average Bonchev–Trinajstić information content (AvgIpc) is 2.86. The molecule has 0 aromatic carbocycles. The van der Waals surface area contributed by atoms with E-state index in [1.54, 1.807) is 6.92 Å². The number of rotatable bonds is 1. The molecule has 1 aromatic heterocycles. The summed E-state index contributed by atoms with van der Waals surface area (Å²) in [6.07, 6.45) is 3.88. The number of hydrogen-bond donors (Lipinski definition) is 0. The van der Waals surface area contributed by atoms with Crippen LogP contribution in [0.15, 0.2) is 10.7 Å². The number of ether oxygens (including phenoxy) is 2. The van der Waals surface area contributed by atoms with E-state index in [-0.39, 0.29) is 5.91 Å². The van der Waals surface area contributed by atoms with Crippen molar-refractivity contribution in [3.63, 3.8) is 0 Å². The minimum absolute atomic E-state index is 0.0237. The van der Waals surface area contributed by atoms with Gasteiger partial charge in [-0.05, 0) is 13.3 Å². The third-order valence-corrected chi connectivity index (χ3v) is 3.81. The summed E-state index contributed by atoms with van der Waals surface area (Å²) in [7, 11) is 0. The van der Waals surface area contributed by atoms with E-state index >= 15 is 0 Å². The van der Waals surface area contributed by atoms with Crippen LogP contribution in [-0.4, -0.2) is 48.1 Å². The molecule has 104 valence electrons. The van der Waals surface area contributed by atoms with Crippen LogP contribution in [0.3, 0.4) is 0 Å². The minimum atomic E-state index is -0.460. The van der Waals surface area contributed by atoms with Gasteiger partial charge in [0.25, 0.3) is 5.91 Å². The monoisotopic (exact) mass is 266 g/mol. The summed E-state index contributed by atoms with van der Waals surface area (Å²) in [5.41, 5.74) is 0.543. The molecule has 2 aliphatic heterocycles. The van der Waals surface area contributed by atoms with Crippen LogP contribution in [0.4, 0.5) is 0 Å². The van der Waals surface area contributed by atoms with Crippen molar-refractivity contribution in [2.24, 2.45) is 0 Å². The van der Waals surface area contributed by atoms with Gasteiger partial charge in [0.2, 0.25) is 0 Å². The van der Waals surface area contributed by atoms with E-state index in [0.717, 1.165) is 32.5 Å². The lowest BCUT2D eigenvalue weighted by Gasteiger charge is -2.43. The summed E-state index contributed by atoms with van der Waals surface area (Å²) in [6.45, 7) is 4.53. The number of hydrogen-bond acceptors (Lipinski definition) is 5. The molecule has 0 atom stereocenters. The zero-order chi connectivity index (χ0) is 13.3. The summed E-state index contributed by atoms with van der Waals surface area (Å²) in [5, 5.41) is 3.65. The molecule has 2 saturated heterocycles. The van der Waals surface area contributed by atoms with Crippen molar-refractivity contribution in [1.82, 2.24) is 10.1 Å². The number of likely N-dealkylation sites (tertiary alicyclic amines) is 1. The number of aromatic nitrogens is 1. The Hall–Kier alpha value is -1.40. The van der Waals surface area contributed by atoms with Gasteiger partial charge in [-0.3, -0.25) is 4.79 Å². The molecule has 6 heteroatoms. The highest BCUT2D eigenvalue weighted by Crippen LogP contribution is 2.31. The van der Waals surface area contributed by atoms with Crippen LogP contribution in [0.25, 0.3) is 0 Å². The van der Waals surface area contributed by atoms with Crippen molar-refractivity contribution in [3.8, 4) is 0 Å². The summed E-state index contributed by atoms with van der Waals surface area (Å²) in [4.78, 5) is 14.1. The van der Waals surface area contributed by atoms with E-state index in [0.29, 0.717) is 24.4 Å². The second-order valence-corrected chi connectivity index (χ2v) is 5.05. The molecule has 3 rings (SSSR count). The topological polar surface area (TPSA) is 64.8 Å². The largest absolute Gasteiger partial charge is 0.361 e. The van der Waals surface area contributed by atoms with E-state index in [2.05, 4.69) is 5.16 Å². The lowest BCUT2D eigenvalue weighted by molar-refractivity contribution is -0.281. The van der Waals surface area contributed by atoms with E-state index < -0.39 is 5.79 Å². The second-order valence-electron chi connectivity index (χ2n) is 5.05. The first kappa shape index (κ1) is 12.6. The highest BCUT2D eigenvalue weighted by Gasteiger charge is 2.39. The van der Waals surface area contributed by atoms with Crippen molar-refractivity contribution in [2.45, 2.75) is 32.0 Å². The number of carbonyl (C=O) groups is 1. The first-order valence-corrected chi connectivity index (χ1v) is 6.69. The van der Waals surface area contributed by atoms with Crippen LogP contribution in [-0.2, 0) is 9.47 Å². The molecule has 2 aliphatic rings. The zero-order valence-corrected chi connectivity index (χ0v) is 11.1. The highest BCUT2D eigenvalue weighted by molar-refractivity contribution is 5.94. The number of nitrogens with zero attached hydrogens (tertiary/aromatic N) is 2. The van der Waals surface area contributed by atoms with Gasteiger partial charge in [0, 0.05) is 25.9 Å². The van der Waals surface area contributed by atoms with E-state index in [4.69, 9.17) is 14.0 Å². The van der Waals surface area contributed by atoms with Crippen molar-refractivity contribution < 1.29 is 18.8 Å². The molecule has 0 bridgehead atoms. The molecule has 2 fully saturated rings.